The number of benzene rings is 2. The Labute approximate surface area is 118 Å². The van der Waals surface area contributed by atoms with Crippen LogP contribution in [0.25, 0.3) is 22.0 Å². The van der Waals surface area contributed by atoms with Crippen LogP contribution in [0, 0.1) is 6.92 Å². The lowest BCUT2D eigenvalue weighted by Crippen LogP contribution is -1.88. The molecule has 0 aliphatic heterocycles. The fraction of sp³-hybridized carbons (Fsp3) is 0.188. The van der Waals surface area contributed by atoms with Gasteiger partial charge in [-0.1, -0.05) is 35.9 Å². The third-order valence-corrected chi connectivity index (χ3v) is 3.51. The zero-order valence-corrected chi connectivity index (χ0v) is 11.7. The van der Waals surface area contributed by atoms with Gasteiger partial charge in [0.1, 0.15) is 5.82 Å². The maximum absolute atomic E-state index is 4.37. The Morgan fingerprint density at radius 1 is 1.11 bits per heavy atom. The van der Waals surface area contributed by atoms with Crippen LogP contribution in [0.5, 0.6) is 0 Å². The summed E-state index contributed by atoms with van der Waals surface area (Å²) in [5.41, 5.74) is 3.53. The largest absolute Gasteiger partial charge is 0.342 e. The quantitative estimate of drug-likeness (QED) is 0.690. The van der Waals surface area contributed by atoms with E-state index in [-0.39, 0.29) is 0 Å². The lowest BCUT2D eigenvalue weighted by Gasteiger charge is -2.03. The van der Waals surface area contributed by atoms with Crippen LogP contribution in [0.2, 0.25) is 0 Å². The molecule has 1 aromatic heterocycles. The van der Waals surface area contributed by atoms with E-state index in [0.717, 1.165) is 23.7 Å². The van der Waals surface area contributed by atoms with Gasteiger partial charge in [-0.05, 0) is 29.5 Å². The second kappa shape index (κ2) is 5.10. The predicted octanol–water partition coefficient (Wildman–Crippen LogP) is 4.01. The number of thiol groups is 1. The number of nitrogens with one attached hydrogen (secondary N) is 1. The predicted molar refractivity (Wildman–Crippen MR) is 83.8 cm³/mol. The molecule has 0 atom stereocenters. The van der Waals surface area contributed by atoms with Gasteiger partial charge in [0.2, 0.25) is 0 Å². The number of H-pyrrole nitrogens is 1. The van der Waals surface area contributed by atoms with Crippen LogP contribution >= 0.6 is 12.6 Å². The summed E-state index contributed by atoms with van der Waals surface area (Å²) in [5.74, 6) is 1.80. The molecule has 1 N–H and O–H groups in total. The highest BCUT2D eigenvalue weighted by Crippen LogP contribution is 2.24. The van der Waals surface area contributed by atoms with E-state index in [9.17, 15) is 0 Å². The Morgan fingerprint density at radius 2 is 1.89 bits per heavy atom. The zero-order chi connectivity index (χ0) is 13.2. The lowest BCUT2D eigenvalue weighted by molar-refractivity contribution is 1.00. The zero-order valence-electron chi connectivity index (χ0n) is 10.9. The van der Waals surface area contributed by atoms with E-state index in [1.807, 2.05) is 6.20 Å². The molecule has 0 bridgehead atoms. The smallest absolute Gasteiger partial charge is 0.107 e. The molecular formula is C16H16N2S. The third-order valence-electron chi connectivity index (χ3n) is 3.28. The van der Waals surface area contributed by atoms with E-state index in [1.165, 1.54) is 21.9 Å². The van der Waals surface area contributed by atoms with Crippen LogP contribution in [0.3, 0.4) is 0 Å². The molecule has 0 spiro atoms. The summed E-state index contributed by atoms with van der Waals surface area (Å²) in [6.45, 7) is 2.12. The average Bonchev–Trinajstić information content (AvgIpc) is 2.87. The summed E-state index contributed by atoms with van der Waals surface area (Å²) >= 11 is 4.23. The summed E-state index contributed by atoms with van der Waals surface area (Å²) in [7, 11) is 0. The molecule has 0 fully saturated rings. The first-order chi connectivity index (χ1) is 9.26. The molecule has 0 amide bonds. The number of imidazole rings is 1. The maximum atomic E-state index is 4.37. The molecular weight excluding hydrogens is 252 g/mol. The number of rotatable bonds is 3. The minimum absolute atomic E-state index is 0.809. The van der Waals surface area contributed by atoms with Crippen molar-refractivity contribution in [2.24, 2.45) is 0 Å². The van der Waals surface area contributed by atoms with Gasteiger partial charge in [-0.2, -0.15) is 12.6 Å². The van der Waals surface area contributed by atoms with Crippen molar-refractivity contribution in [1.29, 1.82) is 0 Å². The van der Waals surface area contributed by atoms with E-state index in [2.05, 4.69) is 65.9 Å². The first kappa shape index (κ1) is 12.3. The van der Waals surface area contributed by atoms with E-state index in [4.69, 9.17) is 0 Å². The van der Waals surface area contributed by atoms with Gasteiger partial charge in [-0.25, -0.2) is 4.98 Å². The standard InChI is InChI=1S/C16H16N2S/c1-11-2-3-13-9-14(5-4-12(13)8-11)15-10-17-16(18-15)6-7-19/h2-5,8-10,19H,6-7H2,1H3,(H,17,18). The van der Waals surface area contributed by atoms with Crippen molar-refractivity contribution < 1.29 is 0 Å². The molecule has 1 heterocycles. The Morgan fingerprint density at radius 3 is 2.74 bits per heavy atom. The summed E-state index contributed by atoms with van der Waals surface area (Å²) in [4.78, 5) is 7.72. The molecule has 96 valence electrons. The molecule has 3 rings (SSSR count). The summed E-state index contributed by atoms with van der Waals surface area (Å²) < 4.78 is 0. The highest BCUT2D eigenvalue weighted by molar-refractivity contribution is 7.80. The minimum atomic E-state index is 0.809. The molecule has 0 aliphatic carbocycles. The van der Waals surface area contributed by atoms with Crippen LogP contribution in [-0.2, 0) is 6.42 Å². The third kappa shape index (κ3) is 2.51. The van der Waals surface area contributed by atoms with Crippen molar-refractivity contribution in [2.45, 2.75) is 13.3 Å². The van der Waals surface area contributed by atoms with Crippen molar-refractivity contribution in [3.63, 3.8) is 0 Å². The van der Waals surface area contributed by atoms with E-state index in [1.54, 1.807) is 0 Å². The van der Waals surface area contributed by atoms with Crippen molar-refractivity contribution in [2.75, 3.05) is 5.75 Å². The first-order valence-electron chi connectivity index (χ1n) is 6.42. The van der Waals surface area contributed by atoms with Crippen LogP contribution < -0.4 is 0 Å². The van der Waals surface area contributed by atoms with Crippen LogP contribution in [0.1, 0.15) is 11.4 Å². The van der Waals surface area contributed by atoms with Gasteiger partial charge in [0.05, 0.1) is 11.9 Å². The normalized spacial score (nSPS) is 11.1. The molecule has 19 heavy (non-hydrogen) atoms. The number of aryl methyl sites for hydroxylation is 2. The lowest BCUT2D eigenvalue weighted by atomic mass is 10.0. The van der Waals surface area contributed by atoms with Crippen molar-refractivity contribution in [3.8, 4) is 11.3 Å². The van der Waals surface area contributed by atoms with Gasteiger partial charge in [0.25, 0.3) is 0 Å². The molecule has 0 unspecified atom stereocenters. The fourth-order valence-electron chi connectivity index (χ4n) is 2.27. The first-order valence-corrected chi connectivity index (χ1v) is 7.05. The Kier molecular flexibility index (Phi) is 3.30. The van der Waals surface area contributed by atoms with Gasteiger partial charge in [0.15, 0.2) is 0 Å². The van der Waals surface area contributed by atoms with Gasteiger partial charge in [-0.3, -0.25) is 0 Å². The fourth-order valence-corrected chi connectivity index (χ4v) is 2.49. The van der Waals surface area contributed by atoms with E-state index >= 15 is 0 Å². The highest BCUT2D eigenvalue weighted by atomic mass is 32.1. The molecule has 3 aromatic rings. The molecule has 3 heteroatoms. The van der Waals surface area contributed by atoms with Crippen LogP contribution in [-0.4, -0.2) is 15.7 Å². The molecule has 2 nitrogen and oxygen atoms in total. The van der Waals surface area contributed by atoms with Crippen molar-refractivity contribution >= 4 is 23.4 Å². The summed E-state index contributed by atoms with van der Waals surface area (Å²) in [5, 5.41) is 2.53. The van der Waals surface area contributed by atoms with Crippen molar-refractivity contribution in [3.05, 3.63) is 54.0 Å². The van der Waals surface area contributed by atoms with E-state index in [0.29, 0.717) is 0 Å². The van der Waals surface area contributed by atoms with Gasteiger partial charge < -0.3 is 4.98 Å². The topological polar surface area (TPSA) is 28.7 Å². The average molecular weight is 268 g/mol. The maximum Gasteiger partial charge on any atom is 0.107 e. The second-order valence-electron chi connectivity index (χ2n) is 4.78. The molecule has 0 saturated heterocycles. The minimum Gasteiger partial charge on any atom is -0.342 e. The van der Waals surface area contributed by atoms with Crippen LogP contribution in [0.4, 0.5) is 0 Å². The molecule has 2 aromatic carbocycles. The Bertz CT molecular complexity index is 716. The molecule has 0 aliphatic rings. The van der Waals surface area contributed by atoms with Gasteiger partial charge in [0, 0.05) is 12.0 Å². The van der Waals surface area contributed by atoms with Crippen molar-refractivity contribution in [1.82, 2.24) is 9.97 Å². The number of hydrogen-bond acceptors (Lipinski definition) is 2. The number of nitrogens with zero attached hydrogens (tertiary/aromatic N) is 1. The number of hydrogen-bond donors (Lipinski definition) is 2. The van der Waals surface area contributed by atoms with Gasteiger partial charge >= 0.3 is 0 Å². The number of fused-ring (bicyclic) bond motifs is 1. The van der Waals surface area contributed by atoms with Gasteiger partial charge in [-0.15, -0.1) is 0 Å². The number of aromatic nitrogens is 2. The monoisotopic (exact) mass is 268 g/mol. The molecule has 0 saturated carbocycles. The van der Waals surface area contributed by atoms with Crippen LogP contribution in [0.15, 0.2) is 42.6 Å². The molecule has 0 radical (unpaired) electrons. The SMILES string of the molecule is Cc1ccc2cc(-c3cnc(CCS)[nH]3)ccc2c1. The Hall–Kier alpha value is -1.74. The van der Waals surface area contributed by atoms with E-state index < -0.39 is 0 Å². The Balaban J connectivity index is 2.02. The second-order valence-corrected chi connectivity index (χ2v) is 5.23. The highest BCUT2D eigenvalue weighted by Gasteiger charge is 2.04. The summed E-state index contributed by atoms with van der Waals surface area (Å²) in [6, 6.07) is 13.0. The summed E-state index contributed by atoms with van der Waals surface area (Å²) in [6.07, 6.45) is 2.77. The number of aromatic amines is 1.